The molecule has 1 aromatic heterocycles. The molecule has 0 spiro atoms. The van der Waals surface area contributed by atoms with Crippen molar-refractivity contribution in [2.45, 2.75) is 160 Å². The van der Waals surface area contributed by atoms with E-state index in [1.54, 1.807) is 53.8 Å². The summed E-state index contributed by atoms with van der Waals surface area (Å²) < 4.78 is 0. The van der Waals surface area contributed by atoms with E-state index in [9.17, 15) is 63.3 Å². The highest BCUT2D eigenvalue weighted by Gasteiger charge is 2.36. The van der Waals surface area contributed by atoms with Gasteiger partial charge in [0.05, 0.1) is 25.1 Å². The smallest absolute Gasteiger partial charge is 0.305 e. The van der Waals surface area contributed by atoms with E-state index in [1.807, 2.05) is 48.5 Å². The summed E-state index contributed by atoms with van der Waals surface area (Å²) in [6, 6.07) is 4.06. The van der Waals surface area contributed by atoms with Crippen LogP contribution in [0.4, 0.5) is 0 Å². The number of fused-ring (bicyclic) bond motifs is 1. The number of aliphatic hydroxyl groups excluding tert-OH is 1. The molecule has 1 heterocycles. The normalized spacial score (nSPS) is 14.4. The molecule has 3 rings (SSSR count). The van der Waals surface area contributed by atoms with Crippen molar-refractivity contribution in [3.05, 3.63) is 71.9 Å². The van der Waals surface area contributed by atoms with E-state index in [4.69, 9.17) is 28.7 Å². The predicted octanol–water partition coefficient (Wildman–Crippen LogP) is -2.04. The highest BCUT2D eigenvalue weighted by molar-refractivity contribution is 5.99. The lowest BCUT2D eigenvalue weighted by Crippen LogP contribution is -2.61. The van der Waals surface area contributed by atoms with Crippen LogP contribution in [-0.2, 0) is 60.8 Å². The number of nitrogens with one attached hydrogen (secondary N) is 9. The van der Waals surface area contributed by atoms with Gasteiger partial charge in [0.15, 0.2) is 11.9 Å². The number of aromatic nitrogens is 1. The number of carbonyl (C=O) groups is 10. The van der Waals surface area contributed by atoms with Crippen LogP contribution in [0.2, 0.25) is 0 Å². The molecule has 0 aliphatic rings. The maximum absolute atomic E-state index is 14.7. The second-order valence-corrected chi connectivity index (χ2v) is 22.1. The molecule has 0 saturated carbocycles. The third kappa shape index (κ3) is 25.2. The van der Waals surface area contributed by atoms with Crippen molar-refractivity contribution >= 4 is 82.0 Å². The van der Waals surface area contributed by atoms with Crippen LogP contribution in [0.1, 0.15) is 104 Å². The number of benzene rings is 2. The number of nitrogens with zero attached hydrogens (tertiary/aromatic N) is 2. The summed E-state index contributed by atoms with van der Waals surface area (Å²) in [5, 5.41) is 51.2. The molecule has 29 nitrogen and oxygen atoms in total. The molecular formula is C57H88N16O13. The quantitative estimate of drug-likeness (QED) is 0.0167. The molecule has 0 unspecified atom stereocenters. The lowest BCUT2D eigenvalue weighted by molar-refractivity contribution is -0.141. The van der Waals surface area contributed by atoms with Crippen molar-refractivity contribution in [1.29, 1.82) is 0 Å². The lowest BCUT2D eigenvalue weighted by Gasteiger charge is -2.29. The van der Waals surface area contributed by atoms with Crippen LogP contribution in [0, 0.1) is 17.8 Å². The number of amides is 8. The fourth-order valence-corrected chi connectivity index (χ4v) is 8.97. The summed E-state index contributed by atoms with van der Waals surface area (Å²) in [6.07, 6.45) is -0.643. The van der Waals surface area contributed by atoms with Crippen molar-refractivity contribution in [1.82, 2.24) is 47.5 Å². The first-order valence-corrected chi connectivity index (χ1v) is 28.5. The fraction of sp³-hybridized carbons (Fsp3) is 0.544. The first kappa shape index (κ1) is 71.4. The number of aromatic amines is 1. The van der Waals surface area contributed by atoms with Crippen LogP contribution in [0.5, 0.6) is 0 Å². The molecule has 0 aliphatic carbocycles. The molecule has 86 heavy (non-hydrogen) atoms. The van der Waals surface area contributed by atoms with Gasteiger partial charge in [-0.25, -0.2) is 0 Å². The summed E-state index contributed by atoms with van der Waals surface area (Å²) in [5.74, 6) is -11.9. The molecule has 0 bridgehead atoms. The van der Waals surface area contributed by atoms with Crippen LogP contribution in [0.25, 0.3) is 10.9 Å². The highest BCUT2D eigenvalue weighted by atomic mass is 16.4. The van der Waals surface area contributed by atoms with Gasteiger partial charge in [-0.1, -0.05) is 90.1 Å². The number of rotatable bonds is 38. The lowest BCUT2D eigenvalue weighted by atomic mass is 9.99. The van der Waals surface area contributed by atoms with Crippen LogP contribution < -0.4 is 71.2 Å². The van der Waals surface area contributed by atoms with Gasteiger partial charge in [0, 0.05) is 43.0 Å². The van der Waals surface area contributed by atoms with Gasteiger partial charge in [-0.15, -0.1) is 0 Å². The minimum Gasteiger partial charge on any atom is -0.481 e. The van der Waals surface area contributed by atoms with E-state index < -0.39 is 145 Å². The number of aliphatic carboxylic acids is 2. The van der Waals surface area contributed by atoms with Gasteiger partial charge in [0.1, 0.15) is 42.3 Å². The van der Waals surface area contributed by atoms with E-state index in [2.05, 4.69) is 57.5 Å². The van der Waals surface area contributed by atoms with Crippen LogP contribution in [0.3, 0.4) is 0 Å². The second kappa shape index (κ2) is 36.1. The Morgan fingerprint density at radius 2 is 1.00 bits per heavy atom. The number of guanidine groups is 2. The third-order valence-corrected chi connectivity index (χ3v) is 13.7. The Morgan fingerprint density at radius 3 is 1.51 bits per heavy atom. The minimum absolute atomic E-state index is 0.00696. The first-order valence-electron chi connectivity index (χ1n) is 28.5. The molecule has 9 atom stereocenters. The number of carbonyl (C=O) groups excluding carboxylic acids is 8. The average molecular weight is 1210 g/mol. The molecule has 0 saturated heterocycles. The Bertz CT molecular complexity index is 2820. The Labute approximate surface area is 499 Å². The summed E-state index contributed by atoms with van der Waals surface area (Å²) in [4.78, 5) is 148. The Hall–Kier alpha value is -8.86. The first-order chi connectivity index (χ1) is 40.6. The van der Waals surface area contributed by atoms with Crippen molar-refractivity contribution in [3.63, 3.8) is 0 Å². The number of hydrogen-bond acceptors (Lipinski definition) is 14. The number of aliphatic hydroxyl groups is 1. The van der Waals surface area contributed by atoms with Gasteiger partial charge < -0.3 is 91.5 Å². The maximum atomic E-state index is 14.7. The molecular weight excluding hydrogens is 1120 g/mol. The standard InChI is InChI=1S/C57H88N16O13/c1-30(2)24-41(70-50(81)40(20-21-44(75)76)68-52(83)43(27-45(77)78)72-49(80)39(19-13-23-64-57(61)62)69-54(85)46(58)31(3)4)51(82)67-38(18-12-22-63-56(59)60)48(79)71-42(26-34-28-65-37-17-11-10-16-36(34)37)53(84)73-47(32(5)6)55(86)66-35(29-74)25-33-14-8-7-9-15-33/h7-11,14-17,28,30-32,35,38-43,46-47,65,74H,12-13,18-27,29,58H2,1-6H3,(H,66,86)(H,67,82)(H,68,83)(H,69,85)(H,70,81)(H,71,79)(H,72,80)(H,73,84)(H,75,76)(H,77,78)(H4,59,60,63)(H4,61,62,64)/t35-,38-,39-,40-,41-,42-,43-,46-,47-/m0/s1. The fourth-order valence-electron chi connectivity index (χ4n) is 8.97. The second-order valence-electron chi connectivity index (χ2n) is 22.1. The highest BCUT2D eigenvalue weighted by Crippen LogP contribution is 2.20. The van der Waals surface area contributed by atoms with E-state index in [-0.39, 0.29) is 75.4 Å². The van der Waals surface area contributed by atoms with E-state index in [0.717, 1.165) is 16.5 Å². The zero-order valence-corrected chi connectivity index (χ0v) is 49.6. The number of hydrogen-bond donors (Lipinski definition) is 17. The summed E-state index contributed by atoms with van der Waals surface area (Å²) in [6.45, 7) is 9.81. The molecule has 8 amide bonds. The maximum Gasteiger partial charge on any atom is 0.305 e. The predicted molar refractivity (Wildman–Crippen MR) is 321 cm³/mol. The van der Waals surface area contributed by atoms with Crippen LogP contribution in [-0.4, -0.2) is 165 Å². The number of nitrogens with two attached hydrogens (primary N) is 5. The van der Waals surface area contributed by atoms with Crippen molar-refractivity contribution in [3.8, 4) is 0 Å². The number of carboxylic acids is 2. The average Bonchev–Trinajstić information content (AvgIpc) is 2.56. The molecule has 22 N–H and O–H groups in total. The number of H-pyrrole nitrogens is 1. The molecule has 3 aromatic rings. The SMILES string of the molecule is CC(C)C[C@H](NC(=O)[C@H](CCC(=O)O)NC(=O)[C@H](CC(=O)O)NC(=O)[C@H](CCCN=C(N)N)NC(=O)[C@@H](N)C(C)C)C(=O)N[C@@H](CCCN=C(N)N)C(=O)N[C@@H](Cc1c[nH]c2ccccc12)C(=O)N[C@H](C(=O)N[C@H](CO)Cc1ccccc1)C(C)C. The van der Waals surface area contributed by atoms with Crippen molar-refractivity contribution < 1.29 is 63.3 Å². The van der Waals surface area contributed by atoms with Crippen LogP contribution >= 0.6 is 0 Å². The topological polar surface area (TPSA) is 498 Å². The monoisotopic (exact) mass is 1200 g/mol. The molecule has 0 aliphatic heterocycles. The summed E-state index contributed by atoms with van der Waals surface area (Å²) in [5.41, 5.74) is 30.2. The van der Waals surface area contributed by atoms with E-state index in [1.165, 1.54) is 0 Å². The van der Waals surface area contributed by atoms with Gasteiger partial charge in [-0.2, -0.15) is 0 Å². The zero-order valence-electron chi connectivity index (χ0n) is 49.6. The number of carboxylic acid groups (broad SMARTS) is 2. The summed E-state index contributed by atoms with van der Waals surface area (Å²) >= 11 is 0. The van der Waals surface area contributed by atoms with Crippen LogP contribution in [0.15, 0.2) is 70.8 Å². The van der Waals surface area contributed by atoms with E-state index in [0.29, 0.717) is 12.0 Å². The van der Waals surface area contributed by atoms with Crippen molar-refractivity contribution in [2.75, 3.05) is 19.7 Å². The Morgan fingerprint density at radius 1 is 0.523 bits per heavy atom. The van der Waals surface area contributed by atoms with Gasteiger partial charge in [0.25, 0.3) is 0 Å². The molecule has 474 valence electrons. The van der Waals surface area contributed by atoms with Crippen molar-refractivity contribution in [2.24, 2.45) is 56.4 Å². The molecule has 2 aromatic carbocycles. The largest absolute Gasteiger partial charge is 0.481 e. The van der Waals surface area contributed by atoms with Gasteiger partial charge in [-0.3, -0.25) is 57.9 Å². The molecule has 0 radical (unpaired) electrons. The molecule has 0 fully saturated rings. The van der Waals surface area contributed by atoms with Gasteiger partial charge in [-0.05, 0) is 79.9 Å². The zero-order chi connectivity index (χ0) is 64.2. The number of para-hydroxylation sites is 1. The van der Waals surface area contributed by atoms with Gasteiger partial charge >= 0.3 is 11.9 Å². The Balaban J connectivity index is 1.99. The Kier molecular flexibility index (Phi) is 30.0. The third-order valence-electron chi connectivity index (χ3n) is 13.7. The number of aliphatic imine (C=N–C) groups is 2. The van der Waals surface area contributed by atoms with E-state index >= 15 is 0 Å². The summed E-state index contributed by atoms with van der Waals surface area (Å²) in [7, 11) is 0. The van der Waals surface area contributed by atoms with Gasteiger partial charge in [0.2, 0.25) is 47.3 Å². The minimum atomic E-state index is -1.91. The molecule has 29 heteroatoms.